The van der Waals surface area contributed by atoms with Crippen molar-refractivity contribution in [3.8, 4) is 5.75 Å². The van der Waals surface area contributed by atoms with Gasteiger partial charge in [0.1, 0.15) is 11.8 Å². The maximum atomic E-state index is 14.0. The first-order chi connectivity index (χ1) is 18.4. The van der Waals surface area contributed by atoms with E-state index in [1.807, 2.05) is 54.6 Å². The molecule has 3 aromatic carbocycles. The molecule has 1 saturated heterocycles. The Bertz CT molecular complexity index is 1510. The van der Waals surface area contributed by atoms with Gasteiger partial charge in [0.15, 0.2) is 5.78 Å². The van der Waals surface area contributed by atoms with Crippen molar-refractivity contribution in [1.29, 1.82) is 0 Å². The highest BCUT2D eigenvalue weighted by Gasteiger charge is 2.68. The molecule has 0 radical (unpaired) electrons. The van der Waals surface area contributed by atoms with Crippen LogP contribution >= 0.6 is 0 Å². The molecule has 0 spiro atoms. The van der Waals surface area contributed by atoms with Gasteiger partial charge >= 0.3 is 5.97 Å². The van der Waals surface area contributed by atoms with Gasteiger partial charge in [0, 0.05) is 11.8 Å². The van der Waals surface area contributed by atoms with E-state index in [1.165, 1.54) is 11.8 Å². The van der Waals surface area contributed by atoms with Crippen molar-refractivity contribution in [1.82, 2.24) is 4.90 Å². The highest BCUT2D eigenvalue weighted by Crippen LogP contribution is 2.65. The largest absolute Gasteiger partial charge is 0.424 e. The molecular weight excluding hydrogens is 478 g/mol. The fourth-order valence-corrected chi connectivity index (χ4v) is 7.20. The van der Waals surface area contributed by atoms with Gasteiger partial charge in [0.05, 0.1) is 17.4 Å². The average molecular weight is 506 g/mol. The standard InChI is InChI=1S/C32H27NO5/c1-17(34)20-12-11-19-9-5-6-10-21(19)29(20)38-32(37)26(15-18-7-3-2-4-8-18)33-30(35)27-22-13-14-23(25-16-24(22)25)28(27)31(33)36/h2-14,22-28H,15-16H2,1H3/t22-,23-,24-,25-,26-,27+,28+/m0/s1. The van der Waals surface area contributed by atoms with Crippen LogP contribution in [0.1, 0.15) is 29.3 Å². The van der Waals surface area contributed by atoms with Crippen LogP contribution in [0, 0.1) is 35.5 Å². The van der Waals surface area contributed by atoms with Crippen molar-refractivity contribution in [3.63, 3.8) is 0 Å². The monoisotopic (exact) mass is 505 g/mol. The van der Waals surface area contributed by atoms with Crippen LogP contribution in [0.25, 0.3) is 10.8 Å². The number of benzene rings is 3. The predicted molar refractivity (Wildman–Crippen MR) is 140 cm³/mol. The van der Waals surface area contributed by atoms with Crippen molar-refractivity contribution in [2.24, 2.45) is 35.5 Å². The zero-order chi connectivity index (χ0) is 26.1. The molecule has 1 heterocycles. The number of fused-ring (bicyclic) bond motifs is 1. The summed E-state index contributed by atoms with van der Waals surface area (Å²) in [6, 6.07) is 19.1. The van der Waals surface area contributed by atoms with E-state index in [2.05, 4.69) is 12.2 Å². The molecule has 3 fully saturated rings. The van der Waals surface area contributed by atoms with Crippen LogP contribution in [-0.2, 0) is 20.8 Å². The maximum absolute atomic E-state index is 14.0. The van der Waals surface area contributed by atoms with Crippen LogP contribution in [0.4, 0.5) is 0 Å². The number of allylic oxidation sites excluding steroid dienone is 2. The van der Waals surface area contributed by atoms with E-state index in [4.69, 9.17) is 4.74 Å². The third-order valence-electron chi connectivity index (χ3n) is 9.01. The van der Waals surface area contributed by atoms with Gasteiger partial charge in [-0.1, -0.05) is 72.8 Å². The smallest absolute Gasteiger partial charge is 0.335 e. The molecule has 2 bridgehead atoms. The highest BCUT2D eigenvalue weighted by atomic mass is 16.5. The lowest BCUT2D eigenvalue weighted by atomic mass is 9.63. The normalized spacial score (nSPS) is 29.2. The van der Waals surface area contributed by atoms with Crippen molar-refractivity contribution in [2.75, 3.05) is 0 Å². The van der Waals surface area contributed by atoms with Gasteiger partial charge < -0.3 is 4.74 Å². The second kappa shape index (κ2) is 8.48. The topological polar surface area (TPSA) is 80.8 Å². The first-order valence-electron chi connectivity index (χ1n) is 13.3. The Morgan fingerprint density at radius 2 is 1.50 bits per heavy atom. The number of Topliss-reactive ketones (excluding diaryl/α,β-unsaturated/α-hetero) is 1. The molecule has 0 aromatic heterocycles. The van der Waals surface area contributed by atoms with Crippen LogP contribution in [0.2, 0.25) is 0 Å². The molecule has 7 atom stereocenters. The number of imide groups is 1. The predicted octanol–water partition coefficient (Wildman–Crippen LogP) is 4.61. The van der Waals surface area contributed by atoms with Crippen LogP contribution in [-0.4, -0.2) is 34.5 Å². The Kier molecular flexibility index (Phi) is 5.15. The number of nitrogens with zero attached hydrogens (tertiary/aromatic N) is 1. The Hall–Kier alpha value is -4.06. The summed E-state index contributed by atoms with van der Waals surface area (Å²) in [5, 5.41) is 1.45. The molecule has 6 nitrogen and oxygen atoms in total. The van der Waals surface area contributed by atoms with Gasteiger partial charge in [-0.05, 0) is 54.0 Å². The van der Waals surface area contributed by atoms with E-state index in [0.29, 0.717) is 17.2 Å². The molecular formula is C32H27NO5. The minimum atomic E-state index is -1.13. The zero-order valence-electron chi connectivity index (χ0n) is 20.9. The van der Waals surface area contributed by atoms with Gasteiger partial charge in [-0.2, -0.15) is 0 Å². The SMILES string of the molecule is CC(=O)c1ccc2ccccc2c1OC(=O)[C@H](Cc1ccccc1)N1C(=O)[C@@H]2[C@H]3C=C[C@@H]([C@@H]4C[C@@H]34)[C@H]2C1=O. The molecule has 8 rings (SSSR count). The third-order valence-corrected chi connectivity index (χ3v) is 9.01. The molecule has 0 N–H and O–H groups in total. The second-order valence-corrected chi connectivity index (χ2v) is 11.0. The van der Waals surface area contributed by atoms with Gasteiger partial charge in [0.25, 0.3) is 0 Å². The van der Waals surface area contributed by atoms with Crippen molar-refractivity contribution in [2.45, 2.75) is 25.8 Å². The van der Waals surface area contributed by atoms with E-state index in [0.717, 1.165) is 17.4 Å². The number of ketones is 1. The Morgan fingerprint density at radius 1 is 0.868 bits per heavy atom. The van der Waals surface area contributed by atoms with E-state index >= 15 is 0 Å². The molecule has 4 aliphatic carbocycles. The quantitative estimate of drug-likeness (QED) is 0.161. The summed E-state index contributed by atoms with van der Waals surface area (Å²) in [6.45, 7) is 1.43. The van der Waals surface area contributed by atoms with Gasteiger partial charge in [0.2, 0.25) is 11.8 Å². The molecule has 1 aliphatic heterocycles. The number of carbonyl (C=O) groups excluding carboxylic acids is 4. The zero-order valence-corrected chi connectivity index (χ0v) is 20.9. The number of amides is 2. The van der Waals surface area contributed by atoms with E-state index in [-0.39, 0.29) is 47.2 Å². The number of rotatable bonds is 6. The summed E-state index contributed by atoms with van der Waals surface area (Å²) < 4.78 is 5.99. The Labute approximate surface area is 220 Å². The Morgan fingerprint density at radius 3 is 2.16 bits per heavy atom. The lowest BCUT2D eigenvalue weighted by molar-refractivity contribution is -0.153. The number of esters is 1. The van der Waals surface area contributed by atoms with Gasteiger partial charge in [-0.15, -0.1) is 0 Å². The minimum absolute atomic E-state index is 0.0622. The first-order valence-corrected chi connectivity index (χ1v) is 13.3. The van der Waals surface area contributed by atoms with Crippen molar-refractivity contribution in [3.05, 3.63) is 90.0 Å². The lowest BCUT2D eigenvalue weighted by Crippen LogP contribution is -2.48. The maximum Gasteiger partial charge on any atom is 0.335 e. The van der Waals surface area contributed by atoms with Crippen molar-refractivity contribution >= 4 is 34.3 Å². The number of carbonyl (C=O) groups is 4. The van der Waals surface area contributed by atoms with Crippen LogP contribution in [0.5, 0.6) is 5.75 Å². The summed E-state index contributed by atoms with van der Waals surface area (Å²) in [5.41, 5.74) is 1.10. The van der Waals surface area contributed by atoms with E-state index in [1.54, 1.807) is 12.1 Å². The average Bonchev–Trinajstić information content (AvgIpc) is 3.71. The van der Waals surface area contributed by atoms with Crippen molar-refractivity contribution < 1.29 is 23.9 Å². The molecule has 2 amide bonds. The Balaban J connectivity index is 1.28. The molecule has 6 heteroatoms. The molecule has 5 aliphatic rings. The number of hydrogen-bond donors (Lipinski definition) is 0. The highest BCUT2D eigenvalue weighted by molar-refractivity contribution is 6.10. The third kappa shape index (κ3) is 3.39. The summed E-state index contributed by atoms with van der Waals surface area (Å²) in [7, 11) is 0. The summed E-state index contributed by atoms with van der Waals surface area (Å²) in [4.78, 5) is 55.4. The van der Waals surface area contributed by atoms with E-state index < -0.39 is 23.8 Å². The van der Waals surface area contributed by atoms with Crippen LogP contribution in [0.15, 0.2) is 78.9 Å². The fourth-order valence-electron chi connectivity index (χ4n) is 7.20. The molecule has 2 saturated carbocycles. The van der Waals surface area contributed by atoms with Crippen LogP contribution in [0.3, 0.4) is 0 Å². The number of hydrogen-bond acceptors (Lipinski definition) is 5. The lowest BCUT2D eigenvalue weighted by Gasteiger charge is -2.37. The summed E-state index contributed by atoms with van der Waals surface area (Å²) in [6.07, 6.45) is 5.45. The summed E-state index contributed by atoms with van der Waals surface area (Å²) >= 11 is 0. The second-order valence-electron chi connectivity index (χ2n) is 11.0. The van der Waals surface area contributed by atoms with Gasteiger partial charge in [-0.3, -0.25) is 19.3 Å². The van der Waals surface area contributed by atoms with E-state index in [9.17, 15) is 19.2 Å². The van der Waals surface area contributed by atoms with Gasteiger partial charge in [-0.25, -0.2) is 4.79 Å². The summed E-state index contributed by atoms with van der Waals surface area (Å²) in [5.74, 6) is -1.07. The minimum Gasteiger partial charge on any atom is -0.424 e. The first kappa shape index (κ1) is 23.1. The fraction of sp³-hybridized carbons (Fsp3) is 0.312. The van der Waals surface area contributed by atoms with Crippen LogP contribution < -0.4 is 4.74 Å². The number of likely N-dealkylation sites (tertiary alicyclic amines) is 1. The molecule has 190 valence electrons. The molecule has 3 aromatic rings. The molecule has 0 unspecified atom stereocenters. The molecule has 38 heavy (non-hydrogen) atoms. The number of ether oxygens (including phenoxy) is 1.